The van der Waals surface area contributed by atoms with E-state index in [-0.39, 0.29) is 17.8 Å². The number of hydrogen-bond donors (Lipinski definition) is 2. The van der Waals surface area contributed by atoms with Gasteiger partial charge in [0, 0.05) is 11.5 Å². The van der Waals surface area contributed by atoms with E-state index < -0.39 is 0 Å². The number of halogens is 1. The summed E-state index contributed by atoms with van der Waals surface area (Å²) in [4.78, 5) is 0. The molecule has 2 aliphatic rings. The van der Waals surface area contributed by atoms with Crippen LogP contribution in [0, 0.1) is 0 Å². The van der Waals surface area contributed by atoms with Gasteiger partial charge in [0.2, 0.25) is 0 Å². The van der Waals surface area contributed by atoms with E-state index >= 15 is 0 Å². The molecule has 19 heavy (non-hydrogen) atoms. The number of nitrogens with one attached hydrogen (secondary N) is 1. The number of hydrogen-bond acceptors (Lipinski definition) is 2. The number of aromatic hydroxyl groups is 1. The summed E-state index contributed by atoms with van der Waals surface area (Å²) >= 11 is 0. The lowest BCUT2D eigenvalue weighted by Gasteiger charge is -2.43. The van der Waals surface area contributed by atoms with Gasteiger partial charge in [0.25, 0.3) is 0 Å². The summed E-state index contributed by atoms with van der Waals surface area (Å²) in [7, 11) is 0. The Hall–Kier alpha value is -0.730. The van der Waals surface area contributed by atoms with Gasteiger partial charge in [-0.15, -0.1) is 12.4 Å². The molecular weight excluding hydrogens is 258 g/mol. The topological polar surface area (TPSA) is 32.3 Å². The molecule has 1 aromatic carbocycles. The Labute approximate surface area is 122 Å². The lowest BCUT2D eigenvalue weighted by molar-refractivity contribution is 0.286. The number of phenolic OH excluding ortho intramolecular Hbond substituents is 1. The first kappa shape index (κ1) is 14.7. The zero-order chi connectivity index (χ0) is 12.8. The summed E-state index contributed by atoms with van der Waals surface area (Å²) in [5.74, 6) is 1.02. The molecule has 1 aromatic rings. The average molecular weight is 282 g/mol. The van der Waals surface area contributed by atoms with Crippen LogP contribution in [0.3, 0.4) is 0 Å². The van der Waals surface area contributed by atoms with Gasteiger partial charge >= 0.3 is 0 Å². The fourth-order valence-electron chi connectivity index (χ4n) is 4.24. The molecule has 2 nitrogen and oxygen atoms in total. The Balaban J connectivity index is 0.00000133. The molecule has 0 bridgehead atoms. The summed E-state index contributed by atoms with van der Waals surface area (Å²) in [6, 6.07) is 6.61. The lowest BCUT2D eigenvalue weighted by Crippen LogP contribution is -2.45. The van der Waals surface area contributed by atoms with Gasteiger partial charge in [-0.3, -0.25) is 0 Å². The van der Waals surface area contributed by atoms with E-state index in [9.17, 15) is 5.11 Å². The summed E-state index contributed by atoms with van der Waals surface area (Å²) in [6.07, 6.45) is 4.89. The average Bonchev–Trinajstić information content (AvgIpc) is 2.74. The van der Waals surface area contributed by atoms with Crippen LogP contribution in [0.25, 0.3) is 0 Å². The van der Waals surface area contributed by atoms with Crippen LogP contribution in [0.1, 0.15) is 56.6 Å². The van der Waals surface area contributed by atoms with Crippen LogP contribution in [-0.2, 0) is 5.41 Å². The Morgan fingerprint density at radius 2 is 2.21 bits per heavy atom. The second-order valence-corrected chi connectivity index (χ2v) is 6.07. The molecule has 1 aliphatic carbocycles. The minimum atomic E-state index is 0. The third-order valence-corrected chi connectivity index (χ3v) is 5.02. The SMILES string of the molecule is CCCC12CCNC1CC(C)c1ccc(O)cc12.Cl. The highest BCUT2D eigenvalue weighted by Crippen LogP contribution is 2.50. The predicted molar refractivity (Wildman–Crippen MR) is 81.4 cm³/mol. The van der Waals surface area contributed by atoms with Crippen LogP contribution in [-0.4, -0.2) is 17.7 Å². The first-order valence-electron chi connectivity index (χ1n) is 7.24. The normalized spacial score (nSPS) is 32.3. The summed E-state index contributed by atoms with van der Waals surface area (Å²) in [6.45, 7) is 5.70. The maximum Gasteiger partial charge on any atom is 0.115 e. The van der Waals surface area contributed by atoms with Gasteiger partial charge in [-0.1, -0.05) is 26.3 Å². The maximum absolute atomic E-state index is 9.86. The van der Waals surface area contributed by atoms with Crippen molar-refractivity contribution in [2.45, 2.75) is 56.9 Å². The minimum absolute atomic E-state index is 0. The van der Waals surface area contributed by atoms with Gasteiger partial charge in [0.05, 0.1) is 0 Å². The Bertz CT molecular complexity index is 462. The molecule has 1 aliphatic heterocycles. The highest BCUT2D eigenvalue weighted by atomic mass is 35.5. The van der Waals surface area contributed by atoms with Crippen molar-refractivity contribution in [2.24, 2.45) is 0 Å². The Morgan fingerprint density at radius 3 is 2.95 bits per heavy atom. The van der Waals surface area contributed by atoms with Crippen LogP contribution >= 0.6 is 12.4 Å². The molecule has 3 unspecified atom stereocenters. The molecule has 0 saturated carbocycles. The minimum Gasteiger partial charge on any atom is -0.508 e. The fourth-order valence-corrected chi connectivity index (χ4v) is 4.24. The Kier molecular flexibility index (Phi) is 4.12. The lowest BCUT2D eigenvalue weighted by atomic mass is 9.62. The first-order chi connectivity index (χ1) is 8.67. The van der Waals surface area contributed by atoms with Crippen molar-refractivity contribution in [3.05, 3.63) is 29.3 Å². The third-order valence-electron chi connectivity index (χ3n) is 5.02. The maximum atomic E-state index is 9.86. The number of benzene rings is 1. The number of phenols is 1. The first-order valence-corrected chi connectivity index (χ1v) is 7.24. The van der Waals surface area contributed by atoms with E-state index in [1.807, 2.05) is 12.1 Å². The monoisotopic (exact) mass is 281 g/mol. The molecule has 1 heterocycles. The standard InChI is InChI=1S/C16H23NO.ClH/c1-3-6-16-7-8-17-15(16)9-11(2)13-5-4-12(18)10-14(13)16;/h4-5,10-11,15,17-18H,3,6-9H2,1-2H3;1H. The van der Waals surface area contributed by atoms with E-state index in [4.69, 9.17) is 0 Å². The van der Waals surface area contributed by atoms with Crippen LogP contribution in [0.5, 0.6) is 5.75 Å². The summed E-state index contributed by atoms with van der Waals surface area (Å²) in [5.41, 5.74) is 3.15. The van der Waals surface area contributed by atoms with Crippen LogP contribution in [0.15, 0.2) is 18.2 Å². The van der Waals surface area contributed by atoms with Crippen molar-refractivity contribution in [1.29, 1.82) is 0 Å². The van der Waals surface area contributed by atoms with Crippen molar-refractivity contribution in [1.82, 2.24) is 5.32 Å². The van der Waals surface area contributed by atoms with Crippen molar-refractivity contribution in [3.63, 3.8) is 0 Å². The van der Waals surface area contributed by atoms with E-state index in [2.05, 4.69) is 25.2 Å². The second kappa shape index (κ2) is 5.34. The van der Waals surface area contributed by atoms with E-state index in [0.29, 0.717) is 17.7 Å². The molecule has 0 aromatic heterocycles. The molecule has 3 rings (SSSR count). The molecular formula is C16H24ClNO. The zero-order valence-corrected chi connectivity index (χ0v) is 12.6. The van der Waals surface area contributed by atoms with Gasteiger partial charge < -0.3 is 10.4 Å². The second-order valence-electron chi connectivity index (χ2n) is 6.07. The Morgan fingerprint density at radius 1 is 1.42 bits per heavy atom. The smallest absolute Gasteiger partial charge is 0.115 e. The van der Waals surface area contributed by atoms with Gasteiger partial charge in [0.15, 0.2) is 0 Å². The molecule has 0 spiro atoms. The largest absolute Gasteiger partial charge is 0.508 e. The third kappa shape index (κ3) is 2.15. The molecule has 2 N–H and O–H groups in total. The molecule has 0 amide bonds. The summed E-state index contributed by atoms with van der Waals surface area (Å²) in [5, 5.41) is 13.6. The van der Waals surface area contributed by atoms with Crippen molar-refractivity contribution < 1.29 is 5.11 Å². The number of rotatable bonds is 2. The highest BCUT2D eigenvalue weighted by molar-refractivity contribution is 5.85. The van der Waals surface area contributed by atoms with Crippen LogP contribution in [0.2, 0.25) is 0 Å². The van der Waals surface area contributed by atoms with Gasteiger partial charge in [-0.2, -0.15) is 0 Å². The van der Waals surface area contributed by atoms with Crippen molar-refractivity contribution in [2.75, 3.05) is 6.54 Å². The molecule has 3 atom stereocenters. The number of fused-ring (bicyclic) bond motifs is 3. The van der Waals surface area contributed by atoms with E-state index in [0.717, 1.165) is 6.54 Å². The van der Waals surface area contributed by atoms with Gasteiger partial charge in [0.1, 0.15) is 5.75 Å². The van der Waals surface area contributed by atoms with E-state index in [1.165, 1.54) is 36.8 Å². The van der Waals surface area contributed by atoms with Crippen LogP contribution in [0.4, 0.5) is 0 Å². The van der Waals surface area contributed by atoms with Crippen molar-refractivity contribution >= 4 is 12.4 Å². The molecule has 3 heteroatoms. The van der Waals surface area contributed by atoms with Gasteiger partial charge in [-0.05, 0) is 55.0 Å². The highest BCUT2D eigenvalue weighted by Gasteiger charge is 2.48. The molecule has 1 fully saturated rings. The van der Waals surface area contributed by atoms with E-state index in [1.54, 1.807) is 0 Å². The zero-order valence-electron chi connectivity index (χ0n) is 11.8. The summed E-state index contributed by atoms with van der Waals surface area (Å²) < 4.78 is 0. The molecule has 0 radical (unpaired) electrons. The van der Waals surface area contributed by atoms with Gasteiger partial charge in [-0.25, -0.2) is 0 Å². The quantitative estimate of drug-likeness (QED) is 0.866. The molecule has 1 saturated heterocycles. The predicted octanol–water partition coefficient (Wildman–Crippen LogP) is 3.72. The fraction of sp³-hybridized carbons (Fsp3) is 0.625. The van der Waals surface area contributed by atoms with Crippen molar-refractivity contribution in [3.8, 4) is 5.75 Å². The van der Waals surface area contributed by atoms with Crippen LogP contribution < -0.4 is 5.32 Å². The molecule has 106 valence electrons.